The fraction of sp³-hybridized carbons (Fsp3) is 0.286. The summed E-state index contributed by atoms with van der Waals surface area (Å²) in [6, 6.07) is 4.30. The van der Waals surface area contributed by atoms with Gasteiger partial charge in [-0.3, -0.25) is 4.79 Å². The standard InChI is InChI=1S/C14H16NO/c1-10-5-4-6-15(9-10)14-11(2)7-13(16)8-12(14)3/h4-9,14H,1-3H3/q+1. The van der Waals surface area contributed by atoms with E-state index in [1.165, 1.54) is 5.56 Å². The predicted molar refractivity (Wildman–Crippen MR) is 62.9 cm³/mol. The Labute approximate surface area is 95.9 Å². The molecule has 0 amide bonds. The van der Waals surface area contributed by atoms with Crippen LogP contribution >= 0.6 is 0 Å². The lowest BCUT2D eigenvalue weighted by Crippen LogP contribution is -2.41. The van der Waals surface area contributed by atoms with Crippen LogP contribution in [0.1, 0.15) is 25.5 Å². The van der Waals surface area contributed by atoms with Crippen molar-refractivity contribution >= 4 is 5.78 Å². The van der Waals surface area contributed by atoms with Gasteiger partial charge in [-0.25, -0.2) is 0 Å². The number of aryl methyl sites for hydroxylation is 1. The van der Waals surface area contributed by atoms with Gasteiger partial charge in [0, 0.05) is 22.8 Å². The molecule has 2 rings (SSSR count). The van der Waals surface area contributed by atoms with Gasteiger partial charge in [-0.1, -0.05) is 0 Å². The average Bonchev–Trinajstić information content (AvgIpc) is 2.15. The van der Waals surface area contributed by atoms with E-state index < -0.39 is 0 Å². The van der Waals surface area contributed by atoms with E-state index >= 15 is 0 Å². The Morgan fingerprint density at radius 2 is 1.75 bits per heavy atom. The molecule has 1 aliphatic carbocycles. The molecule has 0 aromatic carbocycles. The van der Waals surface area contributed by atoms with Crippen LogP contribution in [0, 0.1) is 6.92 Å². The van der Waals surface area contributed by atoms with Gasteiger partial charge in [-0.15, -0.1) is 0 Å². The van der Waals surface area contributed by atoms with E-state index in [-0.39, 0.29) is 11.8 Å². The van der Waals surface area contributed by atoms with Crippen molar-refractivity contribution in [3.63, 3.8) is 0 Å². The van der Waals surface area contributed by atoms with Gasteiger partial charge in [0.15, 0.2) is 18.2 Å². The molecule has 0 fully saturated rings. The second-order valence-corrected chi connectivity index (χ2v) is 4.41. The Bertz CT molecular complexity index is 475. The molecule has 0 bridgehead atoms. The first-order valence-corrected chi connectivity index (χ1v) is 5.45. The summed E-state index contributed by atoms with van der Waals surface area (Å²) < 4.78 is 2.15. The Morgan fingerprint density at radius 1 is 1.12 bits per heavy atom. The van der Waals surface area contributed by atoms with Gasteiger partial charge in [-0.05, 0) is 39.0 Å². The molecule has 0 aliphatic heterocycles. The molecule has 2 nitrogen and oxygen atoms in total. The summed E-state index contributed by atoms with van der Waals surface area (Å²) in [6.07, 6.45) is 7.58. The Morgan fingerprint density at radius 3 is 2.31 bits per heavy atom. The van der Waals surface area contributed by atoms with Gasteiger partial charge in [0.25, 0.3) is 0 Å². The summed E-state index contributed by atoms with van der Waals surface area (Å²) in [5.74, 6) is 0.0968. The first-order chi connectivity index (χ1) is 7.58. The molecule has 0 radical (unpaired) electrons. The van der Waals surface area contributed by atoms with Gasteiger partial charge in [-0.2, -0.15) is 4.57 Å². The van der Waals surface area contributed by atoms with Crippen LogP contribution in [0.5, 0.6) is 0 Å². The van der Waals surface area contributed by atoms with Gasteiger partial charge < -0.3 is 0 Å². The molecule has 0 atom stereocenters. The van der Waals surface area contributed by atoms with Crippen molar-refractivity contribution in [1.29, 1.82) is 0 Å². The minimum Gasteiger partial charge on any atom is -0.290 e. The summed E-state index contributed by atoms with van der Waals surface area (Å²) in [6.45, 7) is 6.09. The second-order valence-electron chi connectivity index (χ2n) is 4.41. The van der Waals surface area contributed by atoms with E-state index in [4.69, 9.17) is 0 Å². The number of pyridine rings is 1. The molecular formula is C14H16NO+. The van der Waals surface area contributed by atoms with Gasteiger partial charge in [0.2, 0.25) is 6.04 Å². The molecule has 82 valence electrons. The van der Waals surface area contributed by atoms with E-state index in [2.05, 4.69) is 23.8 Å². The lowest BCUT2D eigenvalue weighted by Gasteiger charge is -2.17. The lowest BCUT2D eigenvalue weighted by molar-refractivity contribution is -0.706. The molecule has 0 spiro atoms. The van der Waals surface area contributed by atoms with Crippen molar-refractivity contribution in [2.24, 2.45) is 0 Å². The number of aromatic nitrogens is 1. The van der Waals surface area contributed by atoms with Crippen molar-refractivity contribution in [2.75, 3.05) is 0 Å². The largest absolute Gasteiger partial charge is 0.290 e. The van der Waals surface area contributed by atoms with E-state index in [1.54, 1.807) is 12.2 Å². The summed E-state index contributed by atoms with van der Waals surface area (Å²) in [5.41, 5.74) is 3.42. The van der Waals surface area contributed by atoms with E-state index in [0.717, 1.165) is 11.1 Å². The molecule has 0 saturated heterocycles. The maximum atomic E-state index is 11.4. The Balaban J connectivity index is 2.45. The topological polar surface area (TPSA) is 20.9 Å². The molecular weight excluding hydrogens is 198 g/mol. The first-order valence-electron chi connectivity index (χ1n) is 5.45. The van der Waals surface area contributed by atoms with Gasteiger partial charge in [0.1, 0.15) is 0 Å². The van der Waals surface area contributed by atoms with Crippen LogP contribution < -0.4 is 4.57 Å². The Hall–Kier alpha value is -1.70. The zero-order valence-electron chi connectivity index (χ0n) is 9.90. The predicted octanol–water partition coefficient (Wildman–Crippen LogP) is 2.30. The van der Waals surface area contributed by atoms with Crippen LogP contribution in [-0.4, -0.2) is 5.78 Å². The SMILES string of the molecule is CC1=CC(=O)C=C(C)C1[n+]1cccc(C)c1. The highest BCUT2D eigenvalue weighted by atomic mass is 16.1. The van der Waals surface area contributed by atoms with E-state index in [0.29, 0.717) is 0 Å². The highest BCUT2D eigenvalue weighted by Gasteiger charge is 2.26. The van der Waals surface area contributed by atoms with Crippen LogP contribution in [-0.2, 0) is 4.79 Å². The van der Waals surface area contributed by atoms with Crippen LogP contribution in [0.3, 0.4) is 0 Å². The van der Waals surface area contributed by atoms with Crippen molar-refractivity contribution in [3.05, 3.63) is 53.4 Å². The quantitative estimate of drug-likeness (QED) is 0.657. The number of carbonyl (C=O) groups excluding carboxylic acids is 1. The lowest BCUT2D eigenvalue weighted by atomic mass is 9.93. The summed E-state index contributed by atoms with van der Waals surface area (Å²) in [7, 11) is 0. The maximum absolute atomic E-state index is 11.4. The third-order valence-electron chi connectivity index (χ3n) is 2.87. The molecule has 16 heavy (non-hydrogen) atoms. The van der Waals surface area contributed by atoms with Gasteiger partial charge in [0.05, 0.1) is 0 Å². The molecule has 1 aliphatic rings. The van der Waals surface area contributed by atoms with E-state index in [1.807, 2.05) is 26.1 Å². The smallest absolute Gasteiger partial charge is 0.201 e. The second kappa shape index (κ2) is 4.05. The molecule has 1 aromatic rings. The molecule has 0 N–H and O–H groups in total. The van der Waals surface area contributed by atoms with Crippen LogP contribution in [0.4, 0.5) is 0 Å². The zero-order chi connectivity index (χ0) is 11.7. The summed E-state index contributed by atoms with van der Waals surface area (Å²) in [5, 5.41) is 0. The molecule has 0 unspecified atom stereocenters. The monoisotopic (exact) mass is 214 g/mol. The number of carbonyl (C=O) groups is 1. The summed E-state index contributed by atoms with van der Waals surface area (Å²) >= 11 is 0. The number of hydrogen-bond donors (Lipinski definition) is 0. The third kappa shape index (κ3) is 1.96. The zero-order valence-corrected chi connectivity index (χ0v) is 9.90. The number of hydrogen-bond acceptors (Lipinski definition) is 1. The first kappa shape index (κ1) is 10.8. The fourth-order valence-corrected chi connectivity index (χ4v) is 2.25. The molecule has 0 saturated carbocycles. The van der Waals surface area contributed by atoms with Crippen molar-refractivity contribution in [1.82, 2.24) is 0 Å². The normalized spacial score (nSPS) is 17.1. The van der Waals surface area contributed by atoms with Crippen LogP contribution in [0.2, 0.25) is 0 Å². The van der Waals surface area contributed by atoms with Crippen molar-refractivity contribution in [2.45, 2.75) is 26.8 Å². The summed E-state index contributed by atoms with van der Waals surface area (Å²) in [4.78, 5) is 11.4. The highest BCUT2D eigenvalue weighted by molar-refractivity contribution is 6.01. The number of ketones is 1. The molecule has 1 heterocycles. The third-order valence-corrected chi connectivity index (χ3v) is 2.87. The fourth-order valence-electron chi connectivity index (χ4n) is 2.25. The number of rotatable bonds is 1. The van der Waals surface area contributed by atoms with Crippen molar-refractivity contribution in [3.8, 4) is 0 Å². The van der Waals surface area contributed by atoms with E-state index in [9.17, 15) is 4.79 Å². The van der Waals surface area contributed by atoms with Crippen molar-refractivity contribution < 1.29 is 9.36 Å². The van der Waals surface area contributed by atoms with Gasteiger partial charge >= 0.3 is 0 Å². The number of allylic oxidation sites excluding steroid dienone is 4. The van der Waals surface area contributed by atoms with Crippen LogP contribution in [0.25, 0.3) is 0 Å². The maximum Gasteiger partial charge on any atom is 0.201 e. The highest BCUT2D eigenvalue weighted by Crippen LogP contribution is 2.23. The average molecular weight is 214 g/mol. The molecule has 1 aromatic heterocycles. The number of nitrogens with zero attached hydrogens (tertiary/aromatic N) is 1. The molecule has 2 heteroatoms. The minimum atomic E-state index is 0.0968. The Kier molecular flexibility index (Phi) is 2.73. The van der Waals surface area contributed by atoms with Crippen LogP contribution in [0.15, 0.2) is 47.8 Å². The minimum absolute atomic E-state index is 0.0968.